The van der Waals surface area contributed by atoms with Crippen LogP contribution < -0.4 is 0 Å². The fraction of sp³-hybridized carbons (Fsp3) is 0. The van der Waals surface area contributed by atoms with Gasteiger partial charge in [0.1, 0.15) is 0 Å². The van der Waals surface area contributed by atoms with E-state index in [1.807, 2.05) is 0 Å². The SMILES string of the molecule is O=[P-](O)O.O=[P-](O)O.[Ni+2]. The Morgan fingerprint density at radius 1 is 0.778 bits per heavy atom. The fourth-order valence-corrected chi connectivity index (χ4v) is 0. The van der Waals surface area contributed by atoms with Crippen molar-refractivity contribution in [2.75, 3.05) is 0 Å². The van der Waals surface area contributed by atoms with E-state index in [4.69, 9.17) is 28.7 Å². The van der Waals surface area contributed by atoms with Crippen molar-refractivity contribution in [1.82, 2.24) is 0 Å². The first kappa shape index (κ1) is 16.4. The molecule has 0 radical (unpaired) electrons. The molecule has 0 unspecified atom stereocenters. The normalized spacial score (nSPS) is 7.78. The van der Waals surface area contributed by atoms with Gasteiger partial charge in [-0.05, 0) is 0 Å². The zero-order valence-corrected chi connectivity index (χ0v) is 6.59. The van der Waals surface area contributed by atoms with Crippen molar-refractivity contribution < 1.29 is 45.2 Å². The number of rotatable bonds is 0. The van der Waals surface area contributed by atoms with Crippen LogP contribution in [-0.4, -0.2) is 19.6 Å². The maximum atomic E-state index is 8.70. The third-order valence-corrected chi connectivity index (χ3v) is 0. The molecular weight excluding hydrogens is 217 g/mol. The monoisotopic (exact) mass is 220 g/mol. The zero-order valence-electron chi connectivity index (χ0n) is 3.82. The molecule has 0 saturated carbocycles. The first-order chi connectivity index (χ1) is 3.46. The molecule has 0 rings (SSSR count). The van der Waals surface area contributed by atoms with E-state index >= 15 is 0 Å². The summed E-state index contributed by atoms with van der Waals surface area (Å²) in [5.41, 5.74) is 0. The molecule has 6 nitrogen and oxygen atoms in total. The Hall–Kier alpha value is 0.794. The van der Waals surface area contributed by atoms with Crippen LogP contribution >= 0.6 is 16.5 Å². The van der Waals surface area contributed by atoms with Crippen molar-refractivity contribution in [3.63, 3.8) is 0 Å². The van der Waals surface area contributed by atoms with Crippen LogP contribution in [0.3, 0.4) is 0 Å². The van der Waals surface area contributed by atoms with E-state index in [-0.39, 0.29) is 16.5 Å². The van der Waals surface area contributed by atoms with Gasteiger partial charge < -0.3 is 28.7 Å². The van der Waals surface area contributed by atoms with Crippen LogP contribution in [0.1, 0.15) is 0 Å². The van der Waals surface area contributed by atoms with Crippen molar-refractivity contribution in [1.29, 1.82) is 0 Å². The van der Waals surface area contributed by atoms with Crippen LogP contribution in [0.4, 0.5) is 0 Å². The Labute approximate surface area is 62.4 Å². The first-order valence-electron chi connectivity index (χ1n) is 1.17. The summed E-state index contributed by atoms with van der Waals surface area (Å²) in [7, 11) is -5.74. The molecule has 9 heteroatoms. The Bertz CT molecular complexity index is 69.1. The molecule has 0 bridgehead atoms. The smallest absolute Gasteiger partial charge is 0.485 e. The van der Waals surface area contributed by atoms with Crippen LogP contribution in [-0.2, 0) is 25.6 Å². The van der Waals surface area contributed by atoms with Crippen molar-refractivity contribution in [3.8, 4) is 0 Å². The molecule has 0 aliphatic heterocycles. The van der Waals surface area contributed by atoms with Gasteiger partial charge in [0.15, 0.2) is 0 Å². The second-order valence-corrected chi connectivity index (χ2v) is 1.52. The second kappa shape index (κ2) is 11.6. The van der Waals surface area contributed by atoms with E-state index in [1.54, 1.807) is 0 Å². The minimum absolute atomic E-state index is 0. The summed E-state index contributed by atoms with van der Waals surface area (Å²) < 4.78 is 17.4. The molecule has 0 aliphatic rings. The molecule has 0 atom stereocenters. The second-order valence-electron chi connectivity index (χ2n) is 0.505. The molecule has 4 N–H and O–H groups in total. The van der Waals surface area contributed by atoms with Crippen LogP contribution in [0, 0.1) is 0 Å². The largest absolute Gasteiger partial charge is 2.00 e. The topological polar surface area (TPSA) is 115 Å². The molecule has 0 aliphatic carbocycles. The van der Waals surface area contributed by atoms with Gasteiger partial charge in [0.25, 0.3) is 0 Å². The van der Waals surface area contributed by atoms with Crippen LogP contribution in [0.5, 0.6) is 0 Å². The minimum atomic E-state index is -2.87. The van der Waals surface area contributed by atoms with Gasteiger partial charge in [0.2, 0.25) is 0 Å². The third-order valence-electron chi connectivity index (χ3n) is 0. The quantitative estimate of drug-likeness (QED) is 0.316. The van der Waals surface area contributed by atoms with Gasteiger partial charge in [-0.1, -0.05) is 0 Å². The molecule has 0 spiro atoms. The average Bonchev–Trinajstić information content (AvgIpc) is 1.25. The molecule has 0 heterocycles. The Morgan fingerprint density at radius 2 is 0.778 bits per heavy atom. The first-order valence-corrected chi connectivity index (χ1v) is 3.50. The molecule has 0 aromatic rings. The van der Waals surface area contributed by atoms with Crippen molar-refractivity contribution in [2.24, 2.45) is 0 Å². The standard InChI is InChI=1S/Ni.2H2O3P/c;2*1-4(2)3/h;2*(H2,1,2,3)/q+2;2*-1. The molecule has 0 aromatic heterocycles. The van der Waals surface area contributed by atoms with Crippen molar-refractivity contribution in [2.45, 2.75) is 0 Å². The average molecular weight is 221 g/mol. The van der Waals surface area contributed by atoms with E-state index in [2.05, 4.69) is 0 Å². The Balaban J connectivity index is -0.0000000720. The molecule has 9 heavy (non-hydrogen) atoms. The summed E-state index contributed by atoms with van der Waals surface area (Å²) in [6, 6.07) is 0. The van der Waals surface area contributed by atoms with E-state index in [0.29, 0.717) is 0 Å². The van der Waals surface area contributed by atoms with Crippen molar-refractivity contribution >= 4 is 16.5 Å². The van der Waals surface area contributed by atoms with Gasteiger partial charge in [-0.15, -0.1) is 0 Å². The van der Waals surface area contributed by atoms with Gasteiger partial charge in [0.05, 0.1) is 16.5 Å². The molecular formula is H4NiO6P2. The maximum Gasteiger partial charge on any atom is 2.00 e. The zero-order chi connectivity index (χ0) is 7.15. The minimum Gasteiger partial charge on any atom is -0.485 e. The van der Waals surface area contributed by atoms with E-state index in [1.165, 1.54) is 0 Å². The summed E-state index contributed by atoms with van der Waals surface area (Å²) >= 11 is 0. The molecule has 0 aromatic carbocycles. The van der Waals surface area contributed by atoms with Gasteiger partial charge in [-0.2, -0.15) is 0 Å². The van der Waals surface area contributed by atoms with E-state index in [0.717, 1.165) is 0 Å². The number of hydrogen-bond donors (Lipinski definition) is 4. The third kappa shape index (κ3) is 645. The van der Waals surface area contributed by atoms with Crippen LogP contribution in [0.25, 0.3) is 0 Å². The van der Waals surface area contributed by atoms with E-state index in [9.17, 15) is 0 Å². The van der Waals surface area contributed by atoms with Crippen molar-refractivity contribution in [3.05, 3.63) is 0 Å². The summed E-state index contributed by atoms with van der Waals surface area (Å²) in [4.78, 5) is 28.5. The molecule has 60 valence electrons. The van der Waals surface area contributed by atoms with Gasteiger partial charge in [0, 0.05) is 0 Å². The summed E-state index contributed by atoms with van der Waals surface area (Å²) in [5, 5.41) is 0. The molecule has 0 fully saturated rings. The predicted octanol–water partition coefficient (Wildman–Crippen LogP) is -0.746. The summed E-state index contributed by atoms with van der Waals surface area (Å²) in [6.45, 7) is 0. The van der Waals surface area contributed by atoms with Gasteiger partial charge in [-0.3, -0.25) is 0 Å². The van der Waals surface area contributed by atoms with E-state index < -0.39 is 16.5 Å². The molecule has 0 saturated heterocycles. The van der Waals surface area contributed by atoms with Crippen LogP contribution in [0.15, 0.2) is 0 Å². The summed E-state index contributed by atoms with van der Waals surface area (Å²) in [6.07, 6.45) is 0. The Morgan fingerprint density at radius 3 is 0.778 bits per heavy atom. The van der Waals surface area contributed by atoms with Crippen LogP contribution in [0.2, 0.25) is 0 Å². The van der Waals surface area contributed by atoms with Gasteiger partial charge in [-0.25, -0.2) is 0 Å². The number of hydrogen-bond acceptors (Lipinski definition) is 2. The predicted molar refractivity (Wildman–Crippen MR) is 24.1 cm³/mol. The fourth-order valence-electron chi connectivity index (χ4n) is 0. The summed E-state index contributed by atoms with van der Waals surface area (Å²) in [5.74, 6) is 0. The molecule has 0 amide bonds. The maximum absolute atomic E-state index is 8.70. The Kier molecular flexibility index (Phi) is 21.1. The van der Waals surface area contributed by atoms with Gasteiger partial charge >= 0.3 is 16.5 Å².